The maximum Gasteiger partial charge on any atom is 0.0972 e. The first-order valence-corrected chi connectivity index (χ1v) is 23.4. The van der Waals surface area contributed by atoms with Crippen molar-refractivity contribution in [1.29, 1.82) is 0 Å². The van der Waals surface area contributed by atoms with Crippen molar-refractivity contribution in [2.75, 3.05) is 0 Å². The second kappa shape index (κ2) is 16.6. The molecule has 69 heavy (non-hydrogen) atoms. The minimum Gasteiger partial charge on any atom is -0.246 e. The molecule has 0 amide bonds. The monoisotopic (exact) mass is 878 g/mol. The molecule has 0 radical (unpaired) electrons. The van der Waals surface area contributed by atoms with E-state index in [1.54, 1.807) is 0 Å². The summed E-state index contributed by atoms with van der Waals surface area (Å²) in [5.41, 5.74) is 18.1. The largest absolute Gasteiger partial charge is 0.246 e. The van der Waals surface area contributed by atoms with Crippen LogP contribution in [-0.2, 0) is 5.41 Å². The van der Waals surface area contributed by atoms with Crippen LogP contribution in [0.1, 0.15) is 44.8 Å². The molecule has 322 valence electrons. The Morgan fingerprint density at radius 2 is 0.667 bits per heavy atom. The smallest absolute Gasteiger partial charge is 0.0972 e. The highest BCUT2D eigenvalue weighted by Crippen LogP contribution is 2.56. The molecule has 0 spiro atoms. The van der Waals surface area contributed by atoms with Gasteiger partial charge in [0.2, 0.25) is 0 Å². The summed E-state index contributed by atoms with van der Waals surface area (Å²) in [7, 11) is 0. The van der Waals surface area contributed by atoms with Gasteiger partial charge in [-0.1, -0.05) is 206 Å². The van der Waals surface area contributed by atoms with Gasteiger partial charge in [0.1, 0.15) is 0 Å². The molecule has 0 atom stereocenters. The third kappa shape index (κ3) is 7.01. The van der Waals surface area contributed by atoms with Crippen LogP contribution < -0.4 is 0 Å². The van der Waals surface area contributed by atoms with Gasteiger partial charge in [0.05, 0.1) is 50.3 Å². The van der Waals surface area contributed by atoms with E-state index < -0.39 is 5.41 Å². The molecule has 0 bridgehead atoms. The third-order valence-electron chi connectivity index (χ3n) is 13.7. The summed E-state index contributed by atoms with van der Waals surface area (Å²) in [5, 5.41) is 4.22. The van der Waals surface area contributed by atoms with Gasteiger partial charge in [-0.25, -0.2) is 19.9 Å². The van der Waals surface area contributed by atoms with Gasteiger partial charge in [0, 0.05) is 32.7 Å². The first-order valence-electron chi connectivity index (χ1n) is 23.4. The predicted octanol–water partition coefficient (Wildman–Crippen LogP) is 15.9. The highest BCUT2D eigenvalue weighted by Gasteiger charge is 2.46. The van der Waals surface area contributed by atoms with Crippen LogP contribution in [0.5, 0.6) is 0 Å². The summed E-state index contributed by atoms with van der Waals surface area (Å²) in [6.45, 7) is 0. The van der Waals surface area contributed by atoms with Gasteiger partial charge in [0.15, 0.2) is 0 Å². The number of aromatic nitrogens is 4. The predicted molar refractivity (Wildman–Crippen MR) is 287 cm³/mol. The SMILES string of the molecule is C(=C/c1ccc2ccc3ccc(-c4cccc(C5(c6cccc(-c7ccc8ccc9ccc(/C=C\c%10ccccc%10)nc9c8n7)c6)c6ccccc6-c6ccccc65)c4)nc3c2n1)/c1ccccc1. The van der Waals surface area contributed by atoms with Crippen molar-refractivity contribution >= 4 is 67.9 Å². The van der Waals surface area contributed by atoms with Crippen LogP contribution in [0.2, 0.25) is 0 Å². The average Bonchev–Trinajstić information content (AvgIpc) is 3.73. The third-order valence-corrected chi connectivity index (χ3v) is 13.7. The Morgan fingerprint density at radius 1 is 0.290 bits per heavy atom. The minimum absolute atomic E-state index is 0.643. The Kier molecular flexibility index (Phi) is 9.69. The van der Waals surface area contributed by atoms with Crippen LogP contribution in [0.3, 0.4) is 0 Å². The molecule has 4 heterocycles. The number of nitrogens with zero attached hydrogens (tertiary/aromatic N) is 4. The molecule has 0 aliphatic heterocycles. The van der Waals surface area contributed by atoms with Crippen LogP contribution in [0.4, 0.5) is 0 Å². The lowest BCUT2D eigenvalue weighted by atomic mass is 9.67. The van der Waals surface area contributed by atoms with Gasteiger partial charge in [-0.2, -0.15) is 0 Å². The van der Waals surface area contributed by atoms with E-state index in [0.717, 1.165) is 88.6 Å². The van der Waals surface area contributed by atoms with Crippen molar-refractivity contribution in [3.05, 3.63) is 275 Å². The number of hydrogen-bond donors (Lipinski definition) is 0. The van der Waals surface area contributed by atoms with Crippen LogP contribution in [0.15, 0.2) is 231 Å². The Labute approximate surface area is 400 Å². The van der Waals surface area contributed by atoms with Crippen molar-refractivity contribution in [3.8, 4) is 33.6 Å². The molecule has 4 nitrogen and oxygen atoms in total. The molecule has 1 aliphatic carbocycles. The quantitative estimate of drug-likeness (QED) is 0.143. The summed E-state index contributed by atoms with van der Waals surface area (Å²) >= 11 is 0. The zero-order valence-electron chi connectivity index (χ0n) is 37.5. The Hall–Kier alpha value is -9.12. The molecule has 12 aromatic rings. The van der Waals surface area contributed by atoms with E-state index in [2.05, 4.69) is 243 Å². The van der Waals surface area contributed by atoms with Gasteiger partial charge >= 0.3 is 0 Å². The molecule has 0 saturated heterocycles. The fraction of sp³-hybridized carbons (Fsp3) is 0.0154. The van der Waals surface area contributed by atoms with Crippen molar-refractivity contribution in [3.63, 3.8) is 0 Å². The number of fused-ring (bicyclic) bond motifs is 9. The van der Waals surface area contributed by atoms with E-state index in [0.29, 0.717) is 0 Å². The van der Waals surface area contributed by atoms with E-state index >= 15 is 0 Å². The van der Waals surface area contributed by atoms with Crippen molar-refractivity contribution < 1.29 is 0 Å². The zero-order valence-corrected chi connectivity index (χ0v) is 37.5. The fourth-order valence-electron chi connectivity index (χ4n) is 10.4. The van der Waals surface area contributed by atoms with Crippen LogP contribution in [0.25, 0.3) is 102 Å². The van der Waals surface area contributed by atoms with Gasteiger partial charge in [-0.15, -0.1) is 0 Å². The van der Waals surface area contributed by atoms with Crippen molar-refractivity contribution in [1.82, 2.24) is 19.9 Å². The Bertz CT molecular complexity index is 3760. The van der Waals surface area contributed by atoms with Crippen molar-refractivity contribution in [2.24, 2.45) is 0 Å². The summed E-state index contributed by atoms with van der Waals surface area (Å²) in [6.07, 6.45) is 8.35. The van der Waals surface area contributed by atoms with Gasteiger partial charge < -0.3 is 0 Å². The second-order valence-corrected chi connectivity index (χ2v) is 17.8. The molecule has 0 N–H and O–H groups in total. The number of pyridine rings is 4. The molecule has 0 unspecified atom stereocenters. The van der Waals surface area contributed by atoms with Gasteiger partial charge in [0.25, 0.3) is 0 Å². The molecule has 0 saturated carbocycles. The molecular formula is C65H42N4. The van der Waals surface area contributed by atoms with Crippen molar-refractivity contribution in [2.45, 2.75) is 5.41 Å². The number of rotatable bonds is 8. The zero-order chi connectivity index (χ0) is 45.7. The normalized spacial score (nSPS) is 12.9. The average molecular weight is 879 g/mol. The molecule has 0 fully saturated rings. The van der Waals surface area contributed by atoms with E-state index in [1.165, 1.54) is 33.4 Å². The molecule has 4 aromatic heterocycles. The summed E-state index contributed by atoms with van der Waals surface area (Å²) < 4.78 is 0. The molecule has 1 aliphatic rings. The second-order valence-electron chi connectivity index (χ2n) is 17.8. The number of benzene rings is 8. The number of hydrogen-bond acceptors (Lipinski definition) is 4. The molecule has 13 rings (SSSR count). The van der Waals surface area contributed by atoms with Crippen LogP contribution >= 0.6 is 0 Å². The minimum atomic E-state index is -0.643. The van der Waals surface area contributed by atoms with Gasteiger partial charge in [-0.3, -0.25) is 0 Å². The first-order chi connectivity index (χ1) is 34.2. The van der Waals surface area contributed by atoms with Crippen LogP contribution in [0, 0.1) is 0 Å². The van der Waals surface area contributed by atoms with E-state index in [1.807, 2.05) is 12.1 Å². The maximum atomic E-state index is 5.41. The molecule has 4 heteroatoms. The topological polar surface area (TPSA) is 51.6 Å². The van der Waals surface area contributed by atoms with Gasteiger partial charge in [-0.05, 0) is 93.1 Å². The Morgan fingerprint density at radius 3 is 1.12 bits per heavy atom. The maximum absolute atomic E-state index is 5.41. The summed E-state index contributed by atoms with van der Waals surface area (Å²) in [4.78, 5) is 21.1. The molecule has 8 aromatic carbocycles. The lowest BCUT2D eigenvalue weighted by Crippen LogP contribution is -2.28. The summed E-state index contributed by atoms with van der Waals surface area (Å²) in [5.74, 6) is 0. The highest BCUT2D eigenvalue weighted by atomic mass is 14.8. The van der Waals surface area contributed by atoms with E-state index in [4.69, 9.17) is 19.9 Å². The van der Waals surface area contributed by atoms with E-state index in [-0.39, 0.29) is 0 Å². The van der Waals surface area contributed by atoms with E-state index in [9.17, 15) is 0 Å². The summed E-state index contributed by atoms with van der Waals surface area (Å²) in [6, 6.07) is 82.1. The lowest BCUT2D eigenvalue weighted by Gasteiger charge is -2.34. The van der Waals surface area contributed by atoms with Crippen LogP contribution in [-0.4, -0.2) is 19.9 Å². The standard InChI is InChI=1S/C65H42N4/c1-3-13-43(14-4-1)25-35-53-37-31-45-27-29-47-33-39-59(68-63(47)61(45)66-53)49-17-11-19-51(41-49)65(57-23-9-7-21-55(57)56-22-8-10-24-58(56)65)52-20-12-18-50(42-52)60-40-34-48-30-28-46-32-38-54(67-62(46)64(48)69-60)36-26-44-15-5-2-6-16-44/h1-42H/b35-25-,36-26-. The fourth-order valence-corrected chi connectivity index (χ4v) is 10.4. The molecular weight excluding hydrogens is 837 g/mol. The lowest BCUT2D eigenvalue weighted by molar-refractivity contribution is 0.769. The first kappa shape index (κ1) is 40.2. The highest BCUT2D eigenvalue weighted by molar-refractivity contribution is 6.05. The Balaban J connectivity index is 0.947.